The van der Waals surface area contributed by atoms with Crippen molar-refractivity contribution in [2.24, 2.45) is 10.4 Å². The molecule has 2 rings (SSSR count). The summed E-state index contributed by atoms with van der Waals surface area (Å²) in [5.74, 6) is -0.452. The fourth-order valence-corrected chi connectivity index (χ4v) is 3.95. The predicted molar refractivity (Wildman–Crippen MR) is 75.4 cm³/mol. The van der Waals surface area contributed by atoms with Gasteiger partial charge in [0, 0.05) is 18.0 Å². The minimum Gasteiger partial charge on any atom is -0.481 e. The van der Waals surface area contributed by atoms with Crippen LogP contribution in [-0.2, 0) is 9.59 Å². The lowest BCUT2D eigenvalue weighted by Gasteiger charge is -2.52. The van der Waals surface area contributed by atoms with E-state index in [0.29, 0.717) is 5.75 Å². The maximum atomic E-state index is 12.0. The molecule has 1 amide bonds. The summed E-state index contributed by atoms with van der Waals surface area (Å²) in [5, 5.41) is 9.42. The van der Waals surface area contributed by atoms with E-state index in [4.69, 9.17) is 0 Å². The number of nitrogens with zero attached hydrogens (tertiary/aromatic N) is 2. The standard InChI is InChI=1S/C13H18N2O3S/c1-4-5-13(12(17)18)6-15-10(16)9(14-8(2)3)11(15)19-7-13/h4-5,9,11H,6-7H2,1-3H3,(H,17,18)/t9-,11-,13?/m1/s1. The fraction of sp³-hybridized carbons (Fsp3) is 0.615. The Morgan fingerprint density at radius 2 is 2.26 bits per heavy atom. The molecule has 5 nitrogen and oxygen atoms in total. The first kappa shape index (κ1) is 14.1. The second-order valence-corrected chi connectivity index (χ2v) is 6.26. The molecule has 1 N–H and O–H groups in total. The number of carboxylic acids is 1. The van der Waals surface area contributed by atoms with Crippen molar-refractivity contribution >= 4 is 29.4 Å². The number of aliphatic carboxylic acids is 1. The smallest absolute Gasteiger partial charge is 0.316 e. The largest absolute Gasteiger partial charge is 0.481 e. The van der Waals surface area contributed by atoms with Crippen molar-refractivity contribution in [1.29, 1.82) is 0 Å². The lowest BCUT2D eigenvalue weighted by atomic mass is 9.87. The third kappa shape index (κ3) is 2.29. The van der Waals surface area contributed by atoms with Crippen molar-refractivity contribution < 1.29 is 14.7 Å². The first-order chi connectivity index (χ1) is 8.91. The average Bonchev–Trinajstić information content (AvgIpc) is 2.36. The van der Waals surface area contributed by atoms with E-state index in [2.05, 4.69) is 4.99 Å². The number of carbonyl (C=O) groups is 2. The Kier molecular flexibility index (Phi) is 3.71. The molecule has 0 saturated carbocycles. The van der Waals surface area contributed by atoms with Gasteiger partial charge in [-0.05, 0) is 20.8 Å². The number of carboxylic acid groups (broad SMARTS) is 1. The molecule has 2 heterocycles. The Labute approximate surface area is 116 Å². The molecule has 2 aliphatic heterocycles. The molecular formula is C13H18N2O3S. The van der Waals surface area contributed by atoms with Crippen molar-refractivity contribution in [3.63, 3.8) is 0 Å². The minimum absolute atomic E-state index is 0.000121. The number of rotatable bonds is 3. The molecule has 0 aromatic rings. The second-order valence-electron chi connectivity index (χ2n) is 5.15. The zero-order chi connectivity index (χ0) is 14.2. The van der Waals surface area contributed by atoms with Crippen LogP contribution in [0.4, 0.5) is 0 Å². The van der Waals surface area contributed by atoms with Gasteiger partial charge in [-0.3, -0.25) is 14.6 Å². The van der Waals surface area contributed by atoms with Crippen LogP contribution in [0.3, 0.4) is 0 Å². The van der Waals surface area contributed by atoms with Crippen molar-refractivity contribution in [2.75, 3.05) is 12.3 Å². The molecule has 0 bridgehead atoms. The first-order valence-corrected chi connectivity index (χ1v) is 7.26. The van der Waals surface area contributed by atoms with Crippen LogP contribution in [0.15, 0.2) is 17.1 Å². The third-order valence-corrected chi connectivity index (χ3v) is 4.92. The number of aliphatic imine (C=N–C) groups is 1. The number of amides is 1. The SMILES string of the molecule is CC=CC1(C(=O)O)CS[C@@H]2[C@H](N=C(C)C)C(=O)N2C1. The van der Waals surface area contributed by atoms with Crippen LogP contribution in [-0.4, -0.2) is 51.3 Å². The van der Waals surface area contributed by atoms with Gasteiger partial charge in [-0.2, -0.15) is 0 Å². The highest BCUT2D eigenvalue weighted by Crippen LogP contribution is 2.44. The van der Waals surface area contributed by atoms with Gasteiger partial charge in [0.05, 0.1) is 0 Å². The molecule has 0 aliphatic carbocycles. The van der Waals surface area contributed by atoms with Gasteiger partial charge < -0.3 is 10.0 Å². The molecule has 2 fully saturated rings. The van der Waals surface area contributed by atoms with Gasteiger partial charge in [0.25, 0.3) is 5.91 Å². The highest BCUT2D eigenvalue weighted by Gasteiger charge is 2.56. The van der Waals surface area contributed by atoms with E-state index in [1.807, 2.05) is 13.8 Å². The lowest BCUT2D eigenvalue weighted by molar-refractivity contribution is -0.153. The Balaban J connectivity index is 2.18. The van der Waals surface area contributed by atoms with E-state index in [1.54, 1.807) is 24.0 Å². The van der Waals surface area contributed by atoms with Crippen molar-refractivity contribution in [2.45, 2.75) is 32.2 Å². The van der Waals surface area contributed by atoms with Gasteiger partial charge >= 0.3 is 5.97 Å². The van der Waals surface area contributed by atoms with Crippen LogP contribution in [0.5, 0.6) is 0 Å². The van der Waals surface area contributed by atoms with Crippen LogP contribution in [0.25, 0.3) is 0 Å². The topological polar surface area (TPSA) is 70.0 Å². The monoisotopic (exact) mass is 282 g/mol. The van der Waals surface area contributed by atoms with Crippen molar-refractivity contribution in [3.8, 4) is 0 Å². The molecule has 1 unspecified atom stereocenters. The summed E-state index contributed by atoms with van der Waals surface area (Å²) in [6, 6.07) is -0.326. The summed E-state index contributed by atoms with van der Waals surface area (Å²) < 4.78 is 0. The van der Waals surface area contributed by atoms with E-state index < -0.39 is 11.4 Å². The lowest BCUT2D eigenvalue weighted by Crippen LogP contribution is -2.68. The normalized spacial score (nSPS) is 33.8. The molecule has 2 aliphatic rings. The maximum absolute atomic E-state index is 12.0. The maximum Gasteiger partial charge on any atom is 0.316 e. The van der Waals surface area contributed by atoms with Gasteiger partial charge in [-0.25, -0.2) is 0 Å². The number of thioether (sulfide) groups is 1. The Bertz CT molecular complexity index is 471. The Morgan fingerprint density at radius 3 is 2.79 bits per heavy atom. The number of fused-ring (bicyclic) bond motifs is 1. The highest BCUT2D eigenvalue weighted by molar-refractivity contribution is 8.00. The van der Waals surface area contributed by atoms with E-state index in [-0.39, 0.29) is 23.9 Å². The molecule has 0 radical (unpaired) electrons. The van der Waals surface area contributed by atoms with Crippen molar-refractivity contribution in [1.82, 2.24) is 4.90 Å². The second kappa shape index (κ2) is 5.00. The summed E-state index contributed by atoms with van der Waals surface area (Å²) in [7, 11) is 0. The van der Waals surface area contributed by atoms with Crippen LogP contribution < -0.4 is 0 Å². The van der Waals surface area contributed by atoms with Gasteiger partial charge in [-0.1, -0.05) is 12.2 Å². The number of β-lactam (4-membered cyclic amide) rings is 1. The van der Waals surface area contributed by atoms with Crippen LogP contribution >= 0.6 is 11.8 Å². The van der Waals surface area contributed by atoms with E-state index in [9.17, 15) is 14.7 Å². The molecule has 0 aromatic carbocycles. The molecule has 0 aromatic heterocycles. The van der Waals surface area contributed by atoms with Gasteiger partial charge in [0.2, 0.25) is 0 Å². The third-order valence-electron chi connectivity index (χ3n) is 3.39. The zero-order valence-electron chi connectivity index (χ0n) is 11.3. The number of carbonyl (C=O) groups excluding carboxylic acids is 1. The van der Waals surface area contributed by atoms with Crippen LogP contribution in [0, 0.1) is 5.41 Å². The Morgan fingerprint density at radius 1 is 1.58 bits per heavy atom. The highest BCUT2D eigenvalue weighted by atomic mass is 32.2. The fourth-order valence-electron chi connectivity index (χ4n) is 2.46. The molecule has 0 spiro atoms. The summed E-state index contributed by atoms with van der Waals surface area (Å²) in [6.45, 7) is 5.78. The number of allylic oxidation sites excluding steroid dienone is 1. The zero-order valence-corrected chi connectivity index (χ0v) is 12.1. The van der Waals surface area contributed by atoms with Gasteiger partial charge in [0.1, 0.15) is 10.8 Å². The number of hydrogen-bond acceptors (Lipinski definition) is 4. The van der Waals surface area contributed by atoms with Crippen LogP contribution in [0.1, 0.15) is 20.8 Å². The summed E-state index contributed by atoms with van der Waals surface area (Å²) >= 11 is 1.51. The van der Waals surface area contributed by atoms with Gasteiger partial charge in [-0.15, -0.1) is 11.8 Å². The molecule has 19 heavy (non-hydrogen) atoms. The quantitative estimate of drug-likeness (QED) is 0.482. The first-order valence-electron chi connectivity index (χ1n) is 6.21. The van der Waals surface area contributed by atoms with E-state index in [0.717, 1.165) is 5.71 Å². The molecule has 104 valence electrons. The predicted octanol–water partition coefficient (Wildman–Crippen LogP) is 1.40. The molecular weight excluding hydrogens is 264 g/mol. The molecule has 3 atom stereocenters. The molecule has 6 heteroatoms. The summed E-state index contributed by atoms with van der Waals surface area (Å²) in [5.41, 5.74) is -0.0799. The average molecular weight is 282 g/mol. The van der Waals surface area contributed by atoms with Crippen molar-refractivity contribution in [3.05, 3.63) is 12.2 Å². The summed E-state index contributed by atoms with van der Waals surface area (Å²) in [4.78, 5) is 29.5. The van der Waals surface area contributed by atoms with Gasteiger partial charge in [0.15, 0.2) is 6.04 Å². The Hall–Kier alpha value is -1.30. The molecule has 2 saturated heterocycles. The van der Waals surface area contributed by atoms with Crippen LogP contribution in [0.2, 0.25) is 0 Å². The summed E-state index contributed by atoms with van der Waals surface area (Å²) in [6.07, 6.45) is 3.43. The minimum atomic E-state index is -0.957. The number of hydrogen-bond donors (Lipinski definition) is 1. The van der Waals surface area contributed by atoms with E-state index in [1.165, 1.54) is 11.8 Å². The van der Waals surface area contributed by atoms with E-state index >= 15 is 0 Å².